The predicted octanol–water partition coefficient (Wildman–Crippen LogP) is -0.683. The fourth-order valence-electron chi connectivity index (χ4n) is 7.58. The molecule has 344 valence electrons. The number of benzene rings is 2. The van der Waals surface area contributed by atoms with Gasteiger partial charge in [-0.25, -0.2) is 0 Å². The molecule has 2 atom stereocenters. The summed E-state index contributed by atoms with van der Waals surface area (Å²) in [6.45, 7) is 7.70. The summed E-state index contributed by atoms with van der Waals surface area (Å²) >= 11 is 11.9. The molecule has 4 aliphatic rings. The first kappa shape index (κ1) is 53.4. The molecule has 4 fully saturated rings. The van der Waals surface area contributed by atoms with Crippen LogP contribution in [0.2, 0.25) is 10.0 Å². The molecule has 2 aromatic heterocycles. The maximum Gasteiger partial charge on any atom is 1.00 e. The molecule has 2 aromatic carbocycles. The number of likely N-dealkylation sites (tertiary alicyclic amines) is 2. The quantitative estimate of drug-likeness (QED) is 0.200. The second-order valence-electron chi connectivity index (χ2n) is 16.2. The van der Waals surface area contributed by atoms with Gasteiger partial charge < -0.3 is 40.6 Å². The van der Waals surface area contributed by atoms with Gasteiger partial charge in [-0.1, -0.05) is 47.5 Å². The van der Waals surface area contributed by atoms with Crippen molar-refractivity contribution in [2.45, 2.75) is 37.8 Å². The van der Waals surface area contributed by atoms with Gasteiger partial charge in [-0.2, -0.15) is 10.2 Å². The number of nitrogens with zero attached hydrogens (tertiary/aromatic N) is 10. The number of aliphatic carboxylic acids is 1. The second-order valence-corrected chi connectivity index (χ2v) is 17.0. The van der Waals surface area contributed by atoms with E-state index >= 15 is 0 Å². The van der Waals surface area contributed by atoms with E-state index in [1.165, 1.54) is 0 Å². The molecule has 65 heavy (non-hydrogen) atoms. The molecule has 17 nitrogen and oxygen atoms in total. The summed E-state index contributed by atoms with van der Waals surface area (Å²) in [6, 6.07) is 19.3. The monoisotopic (exact) mass is 960 g/mol. The van der Waals surface area contributed by atoms with Crippen molar-refractivity contribution in [1.29, 1.82) is 0 Å². The van der Waals surface area contributed by atoms with Crippen LogP contribution in [0, 0.1) is 0 Å². The molecule has 0 spiro atoms. The Labute approximate surface area is 418 Å². The number of rotatable bonds is 9. The Hall–Kier alpha value is -4.17. The number of carbonyl (C=O) groups excluding carboxylic acids is 4. The van der Waals surface area contributed by atoms with Crippen LogP contribution in [0.25, 0.3) is 22.3 Å². The minimum atomic E-state index is -1.04. The van der Waals surface area contributed by atoms with Crippen LogP contribution in [0.15, 0.2) is 73.1 Å². The first-order chi connectivity index (χ1) is 30.3. The molecule has 3 N–H and O–H groups in total. The Morgan fingerprint density at radius 2 is 1.09 bits per heavy atom. The molecule has 8 rings (SSSR count). The molecule has 4 saturated heterocycles. The number of nitrogens with two attached hydrogens (primary N) is 1. The number of aromatic nitrogens is 4. The van der Waals surface area contributed by atoms with Crippen LogP contribution >= 0.6 is 35.6 Å². The Bertz CT molecular complexity index is 2160. The Morgan fingerprint density at radius 3 is 1.51 bits per heavy atom. The van der Waals surface area contributed by atoms with Crippen molar-refractivity contribution < 1.29 is 53.8 Å². The zero-order valence-electron chi connectivity index (χ0n) is 37.2. The van der Waals surface area contributed by atoms with Crippen molar-refractivity contribution >= 4 is 70.9 Å². The number of hydrogen-bond donors (Lipinski definition) is 2. The van der Waals surface area contributed by atoms with Gasteiger partial charge in [0.2, 0.25) is 17.7 Å². The molecule has 4 aliphatic heterocycles. The van der Waals surface area contributed by atoms with Crippen LogP contribution < -0.4 is 55.5 Å². The topological polar surface area (TPSA) is 200 Å². The number of carboxylic acids is 1. The van der Waals surface area contributed by atoms with Crippen LogP contribution in [0.3, 0.4) is 0 Å². The largest absolute Gasteiger partial charge is 1.00 e. The summed E-state index contributed by atoms with van der Waals surface area (Å²) in [5, 5.41) is 31.8. The SMILES string of the molecule is CN1CCC(N)CC1=O.CN1CCC(NC(=O)CN2CCN(c3cc(-c4ccc(Cl)cc4)cnn3)CC2)CC1=O.Cl.O=C([O-])CN1CCN(c2cc(-c3ccc(Cl)cc3)cnn2)CC1.[Na+]. The summed E-state index contributed by atoms with van der Waals surface area (Å²) in [6.07, 6.45) is 6.14. The summed E-state index contributed by atoms with van der Waals surface area (Å²) in [5.74, 6) is 0.844. The molecular formula is C44H56Cl3N12NaO5. The van der Waals surface area contributed by atoms with Crippen LogP contribution in [0.1, 0.15) is 25.7 Å². The van der Waals surface area contributed by atoms with Crippen LogP contribution in [0.4, 0.5) is 11.6 Å². The Morgan fingerprint density at radius 1 is 0.662 bits per heavy atom. The molecule has 21 heteroatoms. The third kappa shape index (κ3) is 16.6. The van der Waals surface area contributed by atoms with Gasteiger partial charge in [0.05, 0.1) is 24.9 Å². The van der Waals surface area contributed by atoms with Crippen molar-refractivity contribution in [2.24, 2.45) is 5.73 Å². The van der Waals surface area contributed by atoms with E-state index in [4.69, 9.17) is 28.9 Å². The Kier molecular flexibility index (Phi) is 21.6. The van der Waals surface area contributed by atoms with E-state index in [1.54, 1.807) is 29.2 Å². The third-order valence-corrected chi connectivity index (χ3v) is 12.0. The predicted molar refractivity (Wildman–Crippen MR) is 248 cm³/mol. The summed E-state index contributed by atoms with van der Waals surface area (Å²) < 4.78 is 0. The molecule has 4 aromatic rings. The van der Waals surface area contributed by atoms with Crippen molar-refractivity contribution in [3.8, 4) is 22.3 Å². The number of halogens is 3. The number of carbonyl (C=O) groups is 4. The van der Waals surface area contributed by atoms with Crippen LogP contribution in [-0.4, -0.2) is 168 Å². The molecule has 0 bridgehead atoms. The number of amides is 3. The molecule has 3 amide bonds. The van der Waals surface area contributed by atoms with Crippen LogP contribution in [0.5, 0.6) is 0 Å². The third-order valence-electron chi connectivity index (χ3n) is 11.5. The van der Waals surface area contributed by atoms with Gasteiger partial charge in [0.1, 0.15) is 0 Å². The number of anilines is 2. The second kappa shape index (κ2) is 26.2. The minimum Gasteiger partial charge on any atom is -0.549 e. The number of carboxylic acid groups (broad SMARTS) is 1. The minimum absolute atomic E-state index is 0. The van der Waals surface area contributed by atoms with E-state index in [2.05, 4.69) is 40.4 Å². The van der Waals surface area contributed by atoms with Gasteiger partial charge in [-0.05, 0) is 60.4 Å². The van der Waals surface area contributed by atoms with Gasteiger partial charge >= 0.3 is 29.6 Å². The first-order valence-corrected chi connectivity index (χ1v) is 21.9. The van der Waals surface area contributed by atoms with E-state index < -0.39 is 5.97 Å². The zero-order chi connectivity index (χ0) is 44.9. The van der Waals surface area contributed by atoms with E-state index in [0.29, 0.717) is 62.2 Å². The van der Waals surface area contributed by atoms with Crippen molar-refractivity contribution in [3.63, 3.8) is 0 Å². The van der Waals surface area contributed by atoms with E-state index in [0.717, 1.165) is 79.5 Å². The van der Waals surface area contributed by atoms with Crippen molar-refractivity contribution in [2.75, 3.05) is 102 Å². The molecule has 0 saturated carbocycles. The fraction of sp³-hybridized carbons (Fsp3) is 0.455. The molecule has 0 aliphatic carbocycles. The molecule has 2 unspecified atom stereocenters. The Balaban J connectivity index is 0.000000239. The van der Waals surface area contributed by atoms with E-state index in [-0.39, 0.29) is 78.3 Å². The van der Waals surface area contributed by atoms with Crippen molar-refractivity contribution in [3.05, 3.63) is 83.1 Å². The molecular weight excluding hydrogens is 906 g/mol. The number of hydrogen-bond acceptors (Lipinski definition) is 14. The van der Waals surface area contributed by atoms with Gasteiger partial charge in [0.15, 0.2) is 11.6 Å². The van der Waals surface area contributed by atoms with Gasteiger partial charge in [0, 0.05) is 132 Å². The standard InChI is InChI=1S/C22H27ClN6O2.C16H17ClN4O2.C6H12N2O.ClH.Na/c1-27-7-6-19(13-22(27)31)25-21(30)15-28-8-10-29(11-9-28)20-12-17(14-24-26-20)16-2-4-18(23)5-3-16;17-14-3-1-12(2-4-14)13-9-15(19-18-10-13)21-7-5-20(6-8-21)11-16(22)23;1-8-3-2-5(7)4-6(8)9;;/h2-5,12,14,19H,6-11,13,15H2,1H3,(H,25,30);1-4,9-10H,5-8,11H2,(H,22,23);5H,2-4,7H2,1H3;1H;/q;;;;+1/p-1. The fourth-order valence-corrected chi connectivity index (χ4v) is 7.83. The number of piperazine rings is 2. The van der Waals surface area contributed by atoms with Gasteiger partial charge in [-0.3, -0.25) is 24.2 Å². The summed E-state index contributed by atoms with van der Waals surface area (Å²) in [5.41, 5.74) is 9.59. The average Bonchev–Trinajstić information content (AvgIpc) is 3.28. The van der Waals surface area contributed by atoms with E-state index in [9.17, 15) is 24.3 Å². The summed E-state index contributed by atoms with van der Waals surface area (Å²) in [7, 11) is 3.61. The van der Waals surface area contributed by atoms with Gasteiger partial charge in [0.25, 0.3) is 0 Å². The maximum atomic E-state index is 12.4. The maximum absolute atomic E-state index is 12.4. The molecule has 6 heterocycles. The average molecular weight is 962 g/mol. The normalized spacial score (nSPS) is 19.1. The van der Waals surface area contributed by atoms with Gasteiger partial charge in [-0.15, -0.1) is 22.6 Å². The number of piperidine rings is 2. The number of nitrogens with one attached hydrogen (secondary N) is 1. The first-order valence-electron chi connectivity index (χ1n) is 21.1. The molecule has 0 radical (unpaired) electrons. The van der Waals surface area contributed by atoms with Crippen molar-refractivity contribution in [1.82, 2.24) is 45.3 Å². The van der Waals surface area contributed by atoms with E-state index in [1.807, 2.05) is 72.6 Å². The van der Waals surface area contributed by atoms with Crippen LogP contribution in [-0.2, 0) is 19.2 Å². The summed E-state index contributed by atoms with van der Waals surface area (Å²) in [4.78, 5) is 57.5. The smallest absolute Gasteiger partial charge is 0.549 e. The zero-order valence-corrected chi connectivity index (χ0v) is 41.5.